The predicted molar refractivity (Wildman–Crippen MR) is 174 cm³/mol. The number of carbonyl (C=O) groups is 2. The Morgan fingerprint density at radius 3 is 2.36 bits per heavy atom. The molecule has 4 aromatic rings. The molecule has 1 atom stereocenters. The molecule has 2 aromatic heterocycles. The Balaban J connectivity index is 1.57. The Morgan fingerprint density at radius 1 is 0.957 bits per heavy atom. The lowest BCUT2D eigenvalue weighted by Gasteiger charge is -2.39. The predicted octanol–water partition coefficient (Wildman–Crippen LogP) is 3.36. The van der Waals surface area contributed by atoms with Crippen LogP contribution in [0.1, 0.15) is 18.8 Å². The van der Waals surface area contributed by atoms with Gasteiger partial charge in [0, 0.05) is 38.5 Å². The number of nitrogens with one attached hydrogen (secondary N) is 2. The van der Waals surface area contributed by atoms with Gasteiger partial charge in [0.05, 0.1) is 50.9 Å². The molecular weight excluding hydrogens is 611 g/mol. The molecule has 47 heavy (non-hydrogen) atoms. The van der Waals surface area contributed by atoms with E-state index in [4.69, 9.17) is 19.2 Å². The smallest absolute Gasteiger partial charge is 0.327 e. The molecule has 2 N–H and O–H groups in total. The number of anilines is 2. The largest absolute Gasteiger partial charge is 0.481 e. The van der Waals surface area contributed by atoms with Crippen molar-refractivity contribution in [1.82, 2.24) is 24.9 Å². The second kappa shape index (κ2) is 14.8. The Hall–Kier alpha value is -5.44. The Bertz CT molecular complexity index is 1780. The molecule has 5 rings (SSSR count). The number of halogens is 1. The van der Waals surface area contributed by atoms with Crippen LogP contribution in [0.25, 0.3) is 10.9 Å². The van der Waals surface area contributed by atoms with E-state index in [0.29, 0.717) is 55.9 Å². The van der Waals surface area contributed by atoms with E-state index < -0.39 is 17.9 Å². The first-order valence-electron chi connectivity index (χ1n) is 15.0. The quantitative estimate of drug-likeness (QED) is 0.248. The van der Waals surface area contributed by atoms with Gasteiger partial charge in [-0.25, -0.2) is 23.6 Å². The summed E-state index contributed by atoms with van der Waals surface area (Å²) in [5, 5.41) is 7.85. The van der Waals surface area contributed by atoms with Crippen molar-refractivity contribution in [3.63, 3.8) is 0 Å². The highest BCUT2D eigenvalue weighted by molar-refractivity contribution is 6.03. The highest BCUT2D eigenvalue weighted by atomic mass is 19.1. The number of hydrogen-bond donors (Lipinski definition) is 2. The Labute approximate surface area is 270 Å². The highest BCUT2D eigenvalue weighted by Crippen LogP contribution is 2.35. The monoisotopic (exact) mass is 648 g/mol. The van der Waals surface area contributed by atoms with Crippen molar-refractivity contribution < 1.29 is 28.2 Å². The lowest BCUT2D eigenvalue weighted by atomic mass is 10.2. The minimum atomic E-state index is -0.882. The normalized spacial score (nSPS) is 13.6. The minimum Gasteiger partial charge on any atom is -0.481 e. The van der Waals surface area contributed by atoms with Crippen LogP contribution in [0.5, 0.6) is 11.8 Å². The molecule has 0 spiro atoms. The number of benzene rings is 2. The standard InChI is InChI=1S/C32H37FN8O6/c1-21(40(26-13-14-27(46-3)37-29(26)47-4)32(44)35-23-11-9-22(33)10-12-23)28-36-25-8-6-5-7-24(25)30(42)41(28)39-18-16-38(17-19-39)31(43)34-15-20-45-2/h5-14,21H,15-20H2,1-4H3,(H,34,43)(H,35,44). The van der Waals surface area contributed by atoms with E-state index in [0.717, 1.165) is 0 Å². The van der Waals surface area contributed by atoms with Crippen molar-refractivity contribution in [1.29, 1.82) is 0 Å². The lowest BCUT2D eigenvalue weighted by Crippen LogP contribution is -2.58. The van der Waals surface area contributed by atoms with Crippen molar-refractivity contribution in [2.24, 2.45) is 0 Å². The van der Waals surface area contributed by atoms with E-state index in [1.165, 1.54) is 48.1 Å². The van der Waals surface area contributed by atoms with E-state index >= 15 is 0 Å². The number of rotatable bonds is 10. The third-order valence-corrected chi connectivity index (χ3v) is 7.74. The number of fused-ring (bicyclic) bond motifs is 1. The molecular formula is C32H37FN8O6. The van der Waals surface area contributed by atoms with Gasteiger partial charge in [-0.05, 0) is 49.4 Å². The lowest BCUT2D eigenvalue weighted by molar-refractivity contribution is 0.175. The van der Waals surface area contributed by atoms with E-state index in [9.17, 15) is 18.8 Å². The summed E-state index contributed by atoms with van der Waals surface area (Å²) in [6.45, 7) is 3.85. The van der Waals surface area contributed by atoms with Crippen molar-refractivity contribution in [3.05, 3.63) is 82.7 Å². The summed E-state index contributed by atoms with van der Waals surface area (Å²) in [4.78, 5) is 53.3. The summed E-state index contributed by atoms with van der Waals surface area (Å²) in [5.74, 6) is 0.167. The average Bonchev–Trinajstić information content (AvgIpc) is 3.09. The van der Waals surface area contributed by atoms with Crippen LogP contribution in [-0.4, -0.2) is 92.3 Å². The third-order valence-electron chi connectivity index (χ3n) is 7.74. The van der Waals surface area contributed by atoms with Crippen LogP contribution >= 0.6 is 0 Å². The maximum absolute atomic E-state index is 14.2. The first-order valence-corrected chi connectivity index (χ1v) is 15.0. The van der Waals surface area contributed by atoms with Gasteiger partial charge < -0.3 is 34.8 Å². The van der Waals surface area contributed by atoms with Gasteiger partial charge in [0.25, 0.3) is 5.56 Å². The Kier molecular flexibility index (Phi) is 10.3. The number of carbonyl (C=O) groups excluding carboxylic acids is 2. The molecule has 1 fully saturated rings. The second-order valence-electron chi connectivity index (χ2n) is 10.6. The Morgan fingerprint density at radius 2 is 1.68 bits per heavy atom. The molecule has 0 bridgehead atoms. The molecule has 1 aliphatic rings. The molecule has 1 unspecified atom stereocenters. The van der Waals surface area contributed by atoms with Gasteiger partial charge in [0.1, 0.15) is 11.5 Å². The van der Waals surface area contributed by atoms with Gasteiger partial charge in [-0.2, -0.15) is 4.98 Å². The van der Waals surface area contributed by atoms with Crippen LogP contribution < -0.4 is 35.6 Å². The van der Waals surface area contributed by atoms with Crippen LogP contribution in [0.15, 0.2) is 65.5 Å². The van der Waals surface area contributed by atoms with Crippen LogP contribution in [0.3, 0.4) is 0 Å². The zero-order chi connectivity index (χ0) is 33.5. The molecule has 0 aliphatic carbocycles. The minimum absolute atomic E-state index is 0.0910. The fourth-order valence-electron chi connectivity index (χ4n) is 5.35. The molecule has 1 saturated heterocycles. The number of ether oxygens (including phenoxy) is 3. The molecule has 15 heteroatoms. The third kappa shape index (κ3) is 7.19. The molecule has 1 aliphatic heterocycles. The van der Waals surface area contributed by atoms with E-state index in [-0.39, 0.29) is 34.9 Å². The van der Waals surface area contributed by atoms with E-state index in [1.807, 2.05) is 5.01 Å². The van der Waals surface area contributed by atoms with Crippen molar-refractivity contribution in [2.45, 2.75) is 13.0 Å². The van der Waals surface area contributed by atoms with Crippen LogP contribution in [0.4, 0.5) is 25.4 Å². The topological polar surface area (TPSA) is 143 Å². The SMILES string of the molecule is COCCNC(=O)N1CCN(n2c(C(C)N(C(=O)Nc3ccc(F)cc3)c3ccc(OC)nc3OC)nc3ccccc3c2=O)CC1. The summed E-state index contributed by atoms with van der Waals surface area (Å²) in [5.41, 5.74) is 0.740. The van der Waals surface area contributed by atoms with Crippen LogP contribution in [0.2, 0.25) is 0 Å². The molecule has 248 valence electrons. The van der Waals surface area contributed by atoms with Gasteiger partial charge in [0.2, 0.25) is 11.8 Å². The fraction of sp³-hybridized carbons (Fsp3) is 0.344. The molecule has 0 saturated carbocycles. The van der Waals surface area contributed by atoms with Gasteiger partial charge in [-0.15, -0.1) is 0 Å². The summed E-state index contributed by atoms with van der Waals surface area (Å²) in [6, 6.07) is 13.8. The van der Waals surface area contributed by atoms with Crippen molar-refractivity contribution >= 4 is 34.3 Å². The molecule has 3 heterocycles. The maximum atomic E-state index is 14.2. The summed E-state index contributed by atoms with van der Waals surface area (Å²) in [6.07, 6.45) is 0. The first kappa shape index (κ1) is 32.9. The number of para-hydroxylation sites is 1. The number of aromatic nitrogens is 3. The summed E-state index contributed by atoms with van der Waals surface area (Å²) >= 11 is 0. The number of methoxy groups -OCH3 is 3. The molecule has 2 aromatic carbocycles. The van der Waals surface area contributed by atoms with Crippen molar-refractivity contribution in [2.75, 3.05) is 75.9 Å². The molecule has 4 amide bonds. The second-order valence-corrected chi connectivity index (χ2v) is 10.6. The van der Waals surface area contributed by atoms with Crippen molar-refractivity contribution in [3.8, 4) is 11.8 Å². The fourth-order valence-corrected chi connectivity index (χ4v) is 5.35. The number of pyridine rings is 1. The van der Waals surface area contributed by atoms with Gasteiger partial charge in [-0.3, -0.25) is 9.69 Å². The number of piperazine rings is 1. The first-order chi connectivity index (χ1) is 22.7. The van der Waals surface area contributed by atoms with Gasteiger partial charge >= 0.3 is 12.1 Å². The number of hydrogen-bond acceptors (Lipinski definition) is 9. The maximum Gasteiger partial charge on any atom is 0.327 e. The summed E-state index contributed by atoms with van der Waals surface area (Å²) in [7, 11) is 4.44. The summed E-state index contributed by atoms with van der Waals surface area (Å²) < 4.78 is 31.0. The zero-order valence-electron chi connectivity index (χ0n) is 26.6. The van der Waals surface area contributed by atoms with Gasteiger partial charge in [-0.1, -0.05) is 12.1 Å². The van der Waals surface area contributed by atoms with E-state index in [2.05, 4.69) is 15.6 Å². The number of amides is 4. The van der Waals surface area contributed by atoms with Crippen LogP contribution in [-0.2, 0) is 4.74 Å². The number of nitrogens with zero attached hydrogens (tertiary/aromatic N) is 6. The van der Waals surface area contributed by atoms with Gasteiger partial charge in [0.15, 0.2) is 5.82 Å². The van der Waals surface area contributed by atoms with Crippen LogP contribution in [0, 0.1) is 5.82 Å². The average molecular weight is 649 g/mol. The molecule has 0 radical (unpaired) electrons. The highest BCUT2D eigenvalue weighted by Gasteiger charge is 2.33. The molecule has 14 nitrogen and oxygen atoms in total. The number of urea groups is 2. The zero-order valence-corrected chi connectivity index (χ0v) is 26.6. The van der Waals surface area contributed by atoms with E-state index in [1.54, 1.807) is 55.3 Å².